The Balaban J connectivity index is 2.65. The van der Waals surface area contributed by atoms with Gasteiger partial charge >= 0.3 is 10.2 Å². The lowest BCUT2D eigenvalue weighted by molar-refractivity contribution is 0.551. The van der Waals surface area contributed by atoms with Crippen LogP contribution in [0.1, 0.15) is 11.3 Å². The molecule has 1 aromatic heterocycles. The first-order valence-corrected chi connectivity index (χ1v) is 5.36. The molecule has 0 fully saturated rings. The highest BCUT2D eigenvalue weighted by Crippen LogP contribution is 2.03. The molecule has 1 rings (SSSR count). The molecular formula is C8H10FNO2S. The molecule has 72 valence electrons. The fourth-order valence-electron chi connectivity index (χ4n) is 0.962. The van der Waals surface area contributed by atoms with Gasteiger partial charge in [0, 0.05) is 18.3 Å². The molecule has 0 atom stereocenters. The first-order chi connectivity index (χ1) is 5.97. The molecule has 0 spiro atoms. The van der Waals surface area contributed by atoms with Crippen molar-refractivity contribution in [3.05, 3.63) is 29.6 Å². The Bertz CT molecular complexity index is 389. The zero-order valence-corrected chi connectivity index (χ0v) is 8.01. The van der Waals surface area contributed by atoms with E-state index in [4.69, 9.17) is 0 Å². The monoisotopic (exact) mass is 203 g/mol. The number of hydrogen-bond donors (Lipinski definition) is 0. The minimum atomic E-state index is -4.38. The van der Waals surface area contributed by atoms with Crippen molar-refractivity contribution in [2.24, 2.45) is 0 Å². The predicted octanol–water partition coefficient (Wildman–Crippen LogP) is 1.23. The summed E-state index contributed by atoms with van der Waals surface area (Å²) in [7, 11) is -4.38. The Labute approximate surface area is 76.8 Å². The summed E-state index contributed by atoms with van der Waals surface area (Å²) in [5.41, 5.74) is 1.59. The van der Waals surface area contributed by atoms with Crippen LogP contribution in [0.15, 0.2) is 18.3 Å². The zero-order chi connectivity index (χ0) is 9.90. The second-order valence-corrected chi connectivity index (χ2v) is 4.30. The number of halogens is 1. The molecule has 0 aliphatic carbocycles. The van der Waals surface area contributed by atoms with Crippen LogP contribution in [0.2, 0.25) is 0 Å². The van der Waals surface area contributed by atoms with Gasteiger partial charge in [0.25, 0.3) is 0 Å². The van der Waals surface area contributed by atoms with E-state index >= 15 is 0 Å². The van der Waals surface area contributed by atoms with Crippen LogP contribution in [0.25, 0.3) is 0 Å². The van der Waals surface area contributed by atoms with Gasteiger partial charge in [0.1, 0.15) is 0 Å². The molecule has 1 aromatic rings. The number of rotatable bonds is 3. The topological polar surface area (TPSA) is 47.0 Å². The van der Waals surface area contributed by atoms with E-state index in [0.29, 0.717) is 5.69 Å². The fourth-order valence-corrected chi connectivity index (χ4v) is 1.41. The van der Waals surface area contributed by atoms with Gasteiger partial charge in [-0.1, -0.05) is 0 Å². The fraction of sp³-hybridized carbons (Fsp3) is 0.375. The summed E-state index contributed by atoms with van der Waals surface area (Å²) in [6.45, 7) is 1.87. The SMILES string of the molecule is Cc1ccnc(CCS(=O)(=O)F)c1. The van der Waals surface area contributed by atoms with Crippen molar-refractivity contribution in [2.75, 3.05) is 5.75 Å². The van der Waals surface area contributed by atoms with Gasteiger partial charge in [0.05, 0.1) is 5.75 Å². The minimum absolute atomic E-state index is 0.126. The van der Waals surface area contributed by atoms with Crippen molar-refractivity contribution in [2.45, 2.75) is 13.3 Å². The van der Waals surface area contributed by atoms with E-state index in [-0.39, 0.29) is 6.42 Å². The van der Waals surface area contributed by atoms with Gasteiger partial charge in [0.15, 0.2) is 0 Å². The molecule has 5 heteroatoms. The van der Waals surface area contributed by atoms with Gasteiger partial charge in [0.2, 0.25) is 0 Å². The summed E-state index contributed by atoms with van der Waals surface area (Å²) in [6.07, 6.45) is 1.70. The summed E-state index contributed by atoms with van der Waals surface area (Å²) in [5.74, 6) is -0.497. The Kier molecular flexibility index (Phi) is 2.98. The maximum absolute atomic E-state index is 12.1. The third kappa shape index (κ3) is 3.98. The molecule has 1 heterocycles. The van der Waals surface area contributed by atoms with Crippen LogP contribution in [0, 0.1) is 6.92 Å². The van der Waals surface area contributed by atoms with E-state index in [1.807, 2.05) is 6.92 Å². The summed E-state index contributed by atoms with van der Waals surface area (Å²) in [4.78, 5) is 3.91. The van der Waals surface area contributed by atoms with Crippen LogP contribution in [-0.4, -0.2) is 19.2 Å². The van der Waals surface area contributed by atoms with Crippen molar-refractivity contribution < 1.29 is 12.3 Å². The molecule has 0 aliphatic heterocycles. The number of nitrogens with zero attached hydrogens (tertiary/aromatic N) is 1. The van der Waals surface area contributed by atoms with E-state index in [1.165, 1.54) is 0 Å². The molecule has 0 aliphatic rings. The van der Waals surface area contributed by atoms with Gasteiger partial charge < -0.3 is 0 Å². The Morgan fingerprint density at radius 2 is 2.23 bits per heavy atom. The summed E-state index contributed by atoms with van der Waals surface area (Å²) < 4.78 is 32.5. The van der Waals surface area contributed by atoms with Crippen LogP contribution in [0.3, 0.4) is 0 Å². The number of pyridine rings is 1. The molecule has 0 aromatic carbocycles. The normalized spacial score (nSPS) is 11.5. The van der Waals surface area contributed by atoms with Gasteiger partial charge in [-0.2, -0.15) is 8.42 Å². The first kappa shape index (κ1) is 10.1. The van der Waals surface area contributed by atoms with Crippen LogP contribution in [0.4, 0.5) is 3.89 Å². The van der Waals surface area contributed by atoms with E-state index in [0.717, 1.165) is 5.56 Å². The van der Waals surface area contributed by atoms with Crippen molar-refractivity contribution in [1.29, 1.82) is 0 Å². The second-order valence-electron chi connectivity index (χ2n) is 2.82. The van der Waals surface area contributed by atoms with Gasteiger partial charge in [-0.15, -0.1) is 3.89 Å². The molecule has 0 saturated heterocycles. The maximum Gasteiger partial charge on any atom is 0.302 e. The molecule has 13 heavy (non-hydrogen) atoms. The highest BCUT2D eigenvalue weighted by atomic mass is 32.3. The molecular weight excluding hydrogens is 193 g/mol. The lowest BCUT2D eigenvalue weighted by atomic mass is 10.2. The Morgan fingerprint density at radius 1 is 1.54 bits per heavy atom. The standard InChI is InChI=1S/C8H10FNO2S/c1-7-2-4-10-8(6-7)3-5-13(9,11)12/h2,4,6H,3,5H2,1H3. The quantitative estimate of drug-likeness (QED) is 0.694. The third-order valence-corrected chi connectivity index (χ3v) is 2.27. The minimum Gasteiger partial charge on any atom is -0.261 e. The predicted molar refractivity (Wildman–Crippen MR) is 47.6 cm³/mol. The average molecular weight is 203 g/mol. The van der Waals surface area contributed by atoms with Gasteiger partial charge in [-0.05, 0) is 24.6 Å². The van der Waals surface area contributed by atoms with Crippen molar-refractivity contribution in [3.8, 4) is 0 Å². The number of hydrogen-bond acceptors (Lipinski definition) is 3. The maximum atomic E-state index is 12.1. The van der Waals surface area contributed by atoms with Crippen molar-refractivity contribution in [3.63, 3.8) is 0 Å². The molecule has 0 radical (unpaired) electrons. The third-order valence-electron chi connectivity index (χ3n) is 1.57. The van der Waals surface area contributed by atoms with Crippen molar-refractivity contribution in [1.82, 2.24) is 4.98 Å². The number of aryl methyl sites for hydroxylation is 2. The van der Waals surface area contributed by atoms with Crippen molar-refractivity contribution >= 4 is 10.2 Å². The number of aromatic nitrogens is 1. The van der Waals surface area contributed by atoms with Crippen LogP contribution >= 0.6 is 0 Å². The Morgan fingerprint density at radius 3 is 2.77 bits per heavy atom. The highest BCUT2D eigenvalue weighted by Gasteiger charge is 2.07. The van der Waals surface area contributed by atoms with E-state index in [1.54, 1.807) is 18.3 Å². The van der Waals surface area contributed by atoms with Gasteiger partial charge in [-0.3, -0.25) is 4.98 Å². The van der Waals surface area contributed by atoms with E-state index < -0.39 is 16.0 Å². The molecule has 0 amide bonds. The first-order valence-electron chi connectivity index (χ1n) is 3.81. The van der Waals surface area contributed by atoms with Crippen LogP contribution in [0.5, 0.6) is 0 Å². The molecule has 0 unspecified atom stereocenters. The Hall–Kier alpha value is -0.970. The van der Waals surface area contributed by atoms with Gasteiger partial charge in [-0.25, -0.2) is 0 Å². The van der Waals surface area contributed by atoms with Crippen LogP contribution in [-0.2, 0) is 16.6 Å². The summed E-state index contributed by atoms with van der Waals surface area (Å²) in [6, 6.07) is 3.54. The molecule has 0 N–H and O–H groups in total. The zero-order valence-electron chi connectivity index (χ0n) is 7.20. The largest absolute Gasteiger partial charge is 0.302 e. The lowest BCUT2D eigenvalue weighted by Crippen LogP contribution is -2.03. The molecule has 0 saturated carbocycles. The lowest BCUT2D eigenvalue weighted by Gasteiger charge is -1.98. The van der Waals surface area contributed by atoms with E-state index in [2.05, 4.69) is 4.98 Å². The smallest absolute Gasteiger partial charge is 0.261 e. The summed E-state index contributed by atoms with van der Waals surface area (Å²) >= 11 is 0. The molecule has 0 bridgehead atoms. The van der Waals surface area contributed by atoms with Crippen LogP contribution < -0.4 is 0 Å². The second kappa shape index (κ2) is 3.83. The highest BCUT2D eigenvalue weighted by molar-refractivity contribution is 7.86. The summed E-state index contributed by atoms with van der Waals surface area (Å²) in [5, 5.41) is 0. The molecule has 3 nitrogen and oxygen atoms in total. The van der Waals surface area contributed by atoms with E-state index in [9.17, 15) is 12.3 Å². The average Bonchev–Trinajstić information content (AvgIpc) is 2.00.